The summed E-state index contributed by atoms with van der Waals surface area (Å²) >= 11 is 0. The second-order valence-corrected chi connectivity index (χ2v) is 8.93. The number of carboxylic acid groups (broad SMARTS) is 1. The first kappa shape index (κ1) is 22.8. The molecule has 2 aromatic rings. The van der Waals surface area contributed by atoms with E-state index in [2.05, 4.69) is 34.9 Å². The Morgan fingerprint density at radius 3 is 2.27 bits per heavy atom. The minimum Gasteiger partial charge on any atom is -0.481 e. The van der Waals surface area contributed by atoms with Gasteiger partial charge in [-0.05, 0) is 40.5 Å². The Labute approximate surface area is 193 Å². The molecule has 3 N–H and O–H groups in total. The fraction of sp³-hybridized carbons (Fsp3) is 0.423. The minimum atomic E-state index is -0.854. The van der Waals surface area contributed by atoms with Gasteiger partial charge in [0.15, 0.2) is 0 Å². The van der Waals surface area contributed by atoms with Gasteiger partial charge in [0.2, 0.25) is 5.91 Å². The molecule has 0 radical (unpaired) electrons. The summed E-state index contributed by atoms with van der Waals surface area (Å²) in [6.07, 6.45) is 0.985. The highest BCUT2D eigenvalue weighted by molar-refractivity contribution is 5.82. The van der Waals surface area contributed by atoms with Gasteiger partial charge in [0.25, 0.3) is 0 Å². The van der Waals surface area contributed by atoms with E-state index in [4.69, 9.17) is 9.84 Å². The Morgan fingerprint density at radius 2 is 1.67 bits per heavy atom. The Kier molecular flexibility index (Phi) is 6.96. The van der Waals surface area contributed by atoms with Gasteiger partial charge in [-0.25, -0.2) is 4.79 Å². The maximum absolute atomic E-state index is 12.3. The lowest BCUT2D eigenvalue weighted by molar-refractivity contribution is -0.138. The number of carbonyl (C=O) groups is 3. The van der Waals surface area contributed by atoms with Crippen LogP contribution < -0.4 is 10.6 Å². The number of hydrogen-bond acceptors (Lipinski definition) is 4. The number of nitrogens with one attached hydrogen (secondary N) is 2. The lowest BCUT2D eigenvalue weighted by atomic mass is 9.98. The summed E-state index contributed by atoms with van der Waals surface area (Å²) in [4.78, 5) is 35.5. The number of alkyl carbamates (subject to hydrolysis) is 1. The molecule has 2 amide bonds. The molecule has 0 spiro atoms. The van der Waals surface area contributed by atoms with Gasteiger partial charge in [0.1, 0.15) is 6.61 Å². The zero-order valence-electron chi connectivity index (χ0n) is 18.8. The van der Waals surface area contributed by atoms with E-state index in [1.165, 1.54) is 22.3 Å². The molecule has 0 heterocycles. The first-order valence-corrected chi connectivity index (χ1v) is 11.6. The fourth-order valence-electron chi connectivity index (χ4n) is 4.64. The largest absolute Gasteiger partial charge is 0.481 e. The quantitative estimate of drug-likeness (QED) is 0.511. The van der Waals surface area contributed by atoms with Crippen LogP contribution in [0, 0.1) is 17.8 Å². The van der Waals surface area contributed by atoms with Crippen molar-refractivity contribution in [2.24, 2.45) is 17.8 Å². The molecule has 0 aliphatic heterocycles. The number of carbonyl (C=O) groups excluding carboxylic acids is 2. The summed E-state index contributed by atoms with van der Waals surface area (Å²) < 4.78 is 5.54. The summed E-state index contributed by atoms with van der Waals surface area (Å²) in [5.41, 5.74) is 4.70. The van der Waals surface area contributed by atoms with Gasteiger partial charge >= 0.3 is 12.1 Å². The lowest BCUT2D eigenvalue weighted by Crippen LogP contribution is -2.33. The van der Waals surface area contributed by atoms with Crippen LogP contribution in [-0.2, 0) is 14.3 Å². The Hall–Kier alpha value is -3.35. The molecule has 0 bridgehead atoms. The molecule has 3 unspecified atom stereocenters. The summed E-state index contributed by atoms with van der Waals surface area (Å²) in [6, 6.07) is 16.4. The summed E-state index contributed by atoms with van der Waals surface area (Å²) in [5, 5.41) is 14.5. The Balaban J connectivity index is 1.21. The third-order valence-corrected chi connectivity index (χ3v) is 6.72. The first-order valence-electron chi connectivity index (χ1n) is 11.6. The average molecular weight is 451 g/mol. The van der Waals surface area contributed by atoms with E-state index in [0.717, 1.165) is 0 Å². The smallest absolute Gasteiger partial charge is 0.407 e. The average Bonchev–Trinajstić information content (AvgIpc) is 3.53. The van der Waals surface area contributed by atoms with Crippen LogP contribution in [0.15, 0.2) is 48.5 Å². The maximum Gasteiger partial charge on any atom is 0.407 e. The molecule has 33 heavy (non-hydrogen) atoms. The number of fused-ring (bicyclic) bond motifs is 3. The highest BCUT2D eigenvalue weighted by Crippen LogP contribution is 2.44. The second kappa shape index (κ2) is 10.1. The van der Waals surface area contributed by atoms with Crippen LogP contribution in [0.2, 0.25) is 0 Å². The first-order chi connectivity index (χ1) is 16.0. The van der Waals surface area contributed by atoms with Crippen LogP contribution >= 0.6 is 0 Å². The fourth-order valence-corrected chi connectivity index (χ4v) is 4.64. The van der Waals surface area contributed by atoms with Gasteiger partial charge in [0.05, 0.1) is 0 Å². The van der Waals surface area contributed by atoms with E-state index in [-0.39, 0.29) is 42.6 Å². The summed E-state index contributed by atoms with van der Waals surface area (Å²) in [5.74, 6) is -1.03. The SMILES string of the molecule is CCC(CNC(=O)C1CC1CNC(=O)OCC1c2ccccc2-c2ccccc21)CC(=O)O. The van der Waals surface area contributed by atoms with Crippen molar-refractivity contribution in [1.82, 2.24) is 10.6 Å². The second-order valence-electron chi connectivity index (χ2n) is 8.93. The predicted molar refractivity (Wildman–Crippen MR) is 124 cm³/mol. The van der Waals surface area contributed by atoms with E-state index in [1.54, 1.807) is 0 Å². The van der Waals surface area contributed by atoms with E-state index < -0.39 is 12.1 Å². The van der Waals surface area contributed by atoms with Crippen molar-refractivity contribution in [1.29, 1.82) is 0 Å². The van der Waals surface area contributed by atoms with Crippen LogP contribution in [0.1, 0.15) is 43.2 Å². The van der Waals surface area contributed by atoms with Crippen LogP contribution in [-0.4, -0.2) is 42.8 Å². The molecule has 2 aromatic carbocycles. The van der Waals surface area contributed by atoms with Crippen LogP contribution in [0.3, 0.4) is 0 Å². The van der Waals surface area contributed by atoms with E-state index in [0.29, 0.717) is 25.9 Å². The molecule has 2 aliphatic carbocycles. The Bertz CT molecular complexity index is 991. The van der Waals surface area contributed by atoms with Crippen molar-refractivity contribution in [2.45, 2.75) is 32.1 Å². The topological polar surface area (TPSA) is 105 Å². The van der Waals surface area contributed by atoms with Crippen LogP contribution in [0.5, 0.6) is 0 Å². The number of rotatable bonds is 10. The van der Waals surface area contributed by atoms with Gasteiger partial charge in [-0.1, -0.05) is 61.9 Å². The van der Waals surface area contributed by atoms with Crippen molar-refractivity contribution >= 4 is 18.0 Å². The highest BCUT2D eigenvalue weighted by Gasteiger charge is 2.43. The zero-order valence-corrected chi connectivity index (χ0v) is 18.8. The normalized spacial score (nSPS) is 19.2. The van der Waals surface area contributed by atoms with Crippen molar-refractivity contribution in [3.05, 3.63) is 59.7 Å². The monoisotopic (exact) mass is 450 g/mol. The molecule has 4 rings (SSSR count). The van der Waals surface area contributed by atoms with Crippen molar-refractivity contribution in [3.63, 3.8) is 0 Å². The number of benzene rings is 2. The molecule has 0 aromatic heterocycles. The van der Waals surface area contributed by atoms with Gasteiger partial charge < -0.3 is 20.5 Å². The number of amides is 2. The Morgan fingerprint density at radius 1 is 1.03 bits per heavy atom. The highest BCUT2D eigenvalue weighted by atomic mass is 16.5. The number of carboxylic acids is 1. The van der Waals surface area contributed by atoms with Crippen molar-refractivity contribution in [3.8, 4) is 11.1 Å². The van der Waals surface area contributed by atoms with E-state index >= 15 is 0 Å². The molecule has 3 atom stereocenters. The zero-order chi connectivity index (χ0) is 23.4. The molecule has 7 heteroatoms. The molecule has 1 fully saturated rings. The third-order valence-electron chi connectivity index (χ3n) is 6.72. The molecular weight excluding hydrogens is 420 g/mol. The van der Waals surface area contributed by atoms with E-state index in [9.17, 15) is 14.4 Å². The maximum atomic E-state index is 12.3. The number of ether oxygens (including phenoxy) is 1. The lowest BCUT2D eigenvalue weighted by Gasteiger charge is -2.15. The van der Waals surface area contributed by atoms with E-state index in [1.807, 2.05) is 31.2 Å². The van der Waals surface area contributed by atoms with Crippen LogP contribution in [0.25, 0.3) is 11.1 Å². The summed E-state index contributed by atoms with van der Waals surface area (Å²) in [6.45, 7) is 2.93. The predicted octanol–water partition coefficient (Wildman–Crippen LogP) is 3.78. The third kappa shape index (κ3) is 5.35. The van der Waals surface area contributed by atoms with Gasteiger partial charge in [0, 0.05) is 31.3 Å². The molecule has 7 nitrogen and oxygen atoms in total. The minimum absolute atomic E-state index is 0.0138. The number of aliphatic carboxylic acids is 1. The van der Waals surface area contributed by atoms with Crippen molar-refractivity contribution < 1.29 is 24.2 Å². The standard InChI is InChI=1S/C26H30N2O5/c1-2-16(11-24(29)30)13-27-25(31)22-12-17(22)14-28-26(32)33-15-23-20-9-5-3-7-18(20)19-8-4-6-10-21(19)23/h3-10,16-17,22-23H,2,11-15H2,1H3,(H,27,31)(H,28,32)(H,29,30). The molecular formula is C26H30N2O5. The van der Waals surface area contributed by atoms with Gasteiger partial charge in [-0.15, -0.1) is 0 Å². The number of hydrogen-bond donors (Lipinski definition) is 3. The molecule has 1 saturated carbocycles. The van der Waals surface area contributed by atoms with Crippen LogP contribution in [0.4, 0.5) is 4.79 Å². The molecule has 2 aliphatic rings. The van der Waals surface area contributed by atoms with Crippen molar-refractivity contribution in [2.75, 3.05) is 19.7 Å². The molecule has 174 valence electrons. The molecule has 0 saturated heterocycles. The van der Waals surface area contributed by atoms with Gasteiger partial charge in [-0.2, -0.15) is 0 Å². The summed E-state index contributed by atoms with van der Waals surface area (Å²) in [7, 11) is 0. The van der Waals surface area contributed by atoms with Gasteiger partial charge in [-0.3, -0.25) is 9.59 Å².